The minimum atomic E-state index is -0.0111. The number of carbonyl (C=O) groups excluding carboxylic acids is 1. The van der Waals surface area contributed by atoms with Crippen molar-refractivity contribution in [2.75, 3.05) is 13.1 Å². The summed E-state index contributed by atoms with van der Waals surface area (Å²) in [6.45, 7) is 5.58. The Balaban J connectivity index is 1.71. The summed E-state index contributed by atoms with van der Waals surface area (Å²) >= 11 is 0. The quantitative estimate of drug-likeness (QED) is 0.930. The van der Waals surface area contributed by atoms with Crippen molar-refractivity contribution in [1.82, 2.24) is 29.9 Å². The maximum atomic E-state index is 12.5. The summed E-state index contributed by atoms with van der Waals surface area (Å²) < 4.78 is 1.84. The van der Waals surface area contributed by atoms with Gasteiger partial charge in [0.15, 0.2) is 0 Å². The van der Waals surface area contributed by atoms with E-state index in [2.05, 4.69) is 34.1 Å². The summed E-state index contributed by atoms with van der Waals surface area (Å²) in [7, 11) is 0. The lowest BCUT2D eigenvalue weighted by Gasteiger charge is -2.32. The number of nitrogens with zero attached hydrogens (tertiary/aromatic N) is 5. The van der Waals surface area contributed by atoms with Crippen molar-refractivity contribution in [3.63, 3.8) is 0 Å². The number of carbonyl (C=O) groups is 1. The Morgan fingerprint density at radius 2 is 2.33 bits per heavy atom. The van der Waals surface area contributed by atoms with E-state index in [1.807, 2.05) is 15.6 Å². The molecule has 0 radical (unpaired) electrons. The Morgan fingerprint density at radius 3 is 3.00 bits per heavy atom. The summed E-state index contributed by atoms with van der Waals surface area (Å²) in [6, 6.07) is 2.06. The molecule has 0 aliphatic carbocycles. The van der Waals surface area contributed by atoms with Gasteiger partial charge in [-0.2, -0.15) is 10.2 Å². The molecule has 0 saturated carbocycles. The van der Waals surface area contributed by atoms with Crippen LogP contribution in [0.2, 0.25) is 0 Å². The molecule has 1 aliphatic rings. The molecule has 2 aromatic heterocycles. The number of H-pyrrole nitrogens is 1. The lowest BCUT2D eigenvalue weighted by Crippen LogP contribution is -2.41. The molecule has 1 N–H and O–H groups in total. The van der Waals surface area contributed by atoms with Crippen molar-refractivity contribution in [1.29, 1.82) is 0 Å². The SMILES string of the molecule is CC(C)c1cc(C(=O)N2CCC[C@@H](n3cncn3)C2)n[nH]1. The molecular formula is C14H20N6O. The van der Waals surface area contributed by atoms with Crippen LogP contribution in [0, 0.1) is 0 Å². The van der Waals surface area contributed by atoms with Crippen molar-refractivity contribution in [3.8, 4) is 0 Å². The van der Waals surface area contributed by atoms with Gasteiger partial charge in [-0.25, -0.2) is 9.67 Å². The lowest BCUT2D eigenvalue weighted by molar-refractivity contribution is 0.0666. The van der Waals surface area contributed by atoms with Crippen LogP contribution in [0.5, 0.6) is 0 Å². The first kappa shape index (κ1) is 13.8. The fourth-order valence-electron chi connectivity index (χ4n) is 2.67. The first-order chi connectivity index (χ1) is 10.1. The van der Waals surface area contributed by atoms with E-state index in [0.717, 1.165) is 25.1 Å². The number of hydrogen-bond acceptors (Lipinski definition) is 4. The van der Waals surface area contributed by atoms with Crippen LogP contribution >= 0.6 is 0 Å². The van der Waals surface area contributed by atoms with Crippen LogP contribution in [0.25, 0.3) is 0 Å². The second kappa shape index (κ2) is 5.67. The number of hydrogen-bond donors (Lipinski definition) is 1. The molecule has 2 aromatic rings. The zero-order valence-electron chi connectivity index (χ0n) is 12.4. The summed E-state index contributed by atoms with van der Waals surface area (Å²) in [5, 5.41) is 11.3. The highest BCUT2D eigenvalue weighted by atomic mass is 16.2. The highest BCUT2D eigenvalue weighted by Crippen LogP contribution is 2.22. The van der Waals surface area contributed by atoms with Crippen molar-refractivity contribution in [2.24, 2.45) is 0 Å². The Kier molecular flexibility index (Phi) is 3.72. The van der Waals surface area contributed by atoms with Crippen LogP contribution in [0.15, 0.2) is 18.7 Å². The van der Waals surface area contributed by atoms with Crippen LogP contribution in [0.3, 0.4) is 0 Å². The van der Waals surface area contributed by atoms with E-state index in [9.17, 15) is 4.79 Å². The number of aromatic nitrogens is 5. The molecule has 1 atom stereocenters. The number of likely N-dealkylation sites (tertiary alicyclic amines) is 1. The normalized spacial score (nSPS) is 19.2. The standard InChI is InChI=1S/C14H20N6O/c1-10(2)12-6-13(18-17-12)14(21)19-5-3-4-11(7-19)20-9-15-8-16-20/h6,8-11H,3-5,7H2,1-2H3,(H,17,18)/t11-/m1/s1. The topological polar surface area (TPSA) is 79.7 Å². The van der Waals surface area contributed by atoms with E-state index in [1.165, 1.54) is 6.33 Å². The van der Waals surface area contributed by atoms with Gasteiger partial charge in [0.25, 0.3) is 5.91 Å². The summed E-state index contributed by atoms with van der Waals surface area (Å²) in [6.07, 6.45) is 5.23. The molecule has 7 nitrogen and oxygen atoms in total. The highest BCUT2D eigenvalue weighted by Gasteiger charge is 2.27. The third-order valence-electron chi connectivity index (χ3n) is 3.93. The number of rotatable bonds is 3. The molecule has 7 heteroatoms. The largest absolute Gasteiger partial charge is 0.335 e. The van der Waals surface area contributed by atoms with Gasteiger partial charge in [-0.15, -0.1) is 0 Å². The zero-order valence-corrected chi connectivity index (χ0v) is 12.4. The van der Waals surface area contributed by atoms with E-state index >= 15 is 0 Å². The lowest BCUT2D eigenvalue weighted by atomic mass is 10.1. The van der Waals surface area contributed by atoms with Crippen LogP contribution in [-0.4, -0.2) is 48.9 Å². The van der Waals surface area contributed by atoms with Gasteiger partial charge in [-0.3, -0.25) is 9.89 Å². The Bertz CT molecular complexity index is 603. The van der Waals surface area contributed by atoms with E-state index in [4.69, 9.17) is 0 Å². The monoisotopic (exact) mass is 288 g/mol. The number of piperidine rings is 1. The Hall–Kier alpha value is -2.18. The van der Waals surface area contributed by atoms with Crippen LogP contribution < -0.4 is 0 Å². The molecule has 1 amide bonds. The van der Waals surface area contributed by atoms with Gasteiger partial charge < -0.3 is 4.90 Å². The molecular weight excluding hydrogens is 268 g/mol. The summed E-state index contributed by atoms with van der Waals surface area (Å²) in [5.74, 6) is 0.325. The van der Waals surface area contributed by atoms with Crippen LogP contribution in [0.1, 0.15) is 54.8 Å². The van der Waals surface area contributed by atoms with Gasteiger partial charge in [0, 0.05) is 18.8 Å². The molecule has 0 aromatic carbocycles. The molecule has 1 saturated heterocycles. The Morgan fingerprint density at radius 1 is 1.48 bits per heavy atom. The number of nitrogens with one attached hydrogen (secondary N) is 1. The molecule has 3 rings (SSSR count). The Labute approximate surface area is 123 Å². The number of amides is 1. The molecule has 0 spiro atoms. The van der Waals surface area contributed by atoms with Gasteiger partial charge in [0.05, 0.1) is 6.04 Å². The third-order valence-corrected chi connectivity index (χ3v) is 3.93. The van der Waals surface area contributed by atoms with E-state index < -0.39 is 0 Å². The van der Waals surface area contributed by atoms with Crippen molar-refractivity contribution in [3.05, 3.63) is 30.1 Å². The zero-order chi connectivity index (χ0) is 14.8. The third kappa shape index (κ3) is 2.81. The van der Waals surface area contributed by atoms with Gasteiger partial charge >= 0.3 is 0 Å². The van der Waals surface area contributed by atoms with E-state index in [-0.39, 0.29) is 11.9 Å². The van der Waals surface area contributed by atoms with Gasteiger partial charge in [0.1, 0.15) is 18.3 Å². The smallest absolute Gasteiger partial charge is 0.274 e. The van der Waals surface area contributed by atoms with Crippen LogP contribution in [0.4, 0.5) is 0 Å². The van der Waals surface area contributed by atoms with Gasteiger partial charge in [-0.1, -0.05) is 13.8 Å². The summed E-state index contributed by atoms with van der Waals surface area (Å²) in [5.41, 5.74) is 1.49. The highest BCUT2D eigenvalue weighted by molar-refractivity contribution is 5.92. The van der Waals surface area contributed by atoms with Crippen molar-refractivity contribution >= 4 is 5.91 Å². The second-order valence-electron chi connectivity index (χ2n) is 5.79. The number of aromatic amines is 1. The minimum Gasteiger partial charge on any atom is -0.335 e. The molecule has 3 heterocycles. The van der Waals surface area contributed by atoms with E-state index in [0.29, 0.717) is 18.2 Å². The molecule has 1 aliphatic heterocycles. The average Bonchev–Trinajstić information content (AvgIpc) is 3.18. The van der Waals surface area contributed by atoms with Crippen molar-refractivity contribution < 1.29 is 4.79 Å². The fraction of sp³-hybridized carbons (Fsp3) is 0.571. The fourth-order valence-corrected chi connectivity index (χ4v) is 2.67. The molecule has 0 bridgehead atoms. The first-order valence-corrected chi connectivity index (χ1v) is 7.34. The average molecular weight is 288 g/mol. The van der Waals surface area contributed by atoms with E-state index in [1.54, 1.807) is 6.33 Å². The first-order valence-electron chi connectivity index (χ1n) is 7.34. The van der Waals surface area contributed by atoms with Crippen molar-refractivity contribution in [2.45, 2.75) is 38.6 Å². The maximum absolute atomic E-state index is 12.5. The van der Waals surface area contributed by atoms with Crippen LogP contribution in [-0.2, 0) is 0 Å². The van der Waals surface area contributed by atoms with Gasteiger partial charge in [0.2, 0.25) is 0 Å². The molecule has 112 valence electrons. The molecule has 1 fully saturated rings. The predicted molar refractivity (Wildman–Crippen MR) is 76.9 cm³/mol. The second-order valence-corrected chi connectivity index (χ2v) is 5.79. The predicted octanol–water partition coefficient (Wildman–Crippen LogP) is 1.60. The van der Waals surface area contributed by atoms with Gasteiger partial charge in [-0.05, 0) is 24.8 Å². The molecule has 21 heavy (non-hydrogen) atoms. The maximum Gasteiger partial charge on any atom is 0.274 e. The summed E-state index contributed by atoms with van der Waals surface area (Å²) in [4.78, 5) is 18.4. The minimum absolute atomic E-state index is 0.0111. The molecule has 0 unspecified atom stereocenters.